The summed E-state index contributed by atoms with van der Waals surface area (Å²) < 4.78 is 11.5. The van der Waals surface area contributed by atoms with E-state index >= 15 is 0 Å². The van der Waals surface area contributed by atoms with Gasteiger partial charge in [-0.1, -0.05) is 66.7 Å². The predicted octanol–water partition coefficient (Wildman–Crippen LogP) is 5.59. The predicted molar refractivity (Wildman–Crippen MR) is 130 cm³/mol. The van der Waals surface area contributed by atoms with Crippen molar-refractivity contribution in [3.8, 4) is 0 Å². The van der Waals surface area contributed by atoms with Crippen LogP contribution in [0.2, 0.25) is 0 Å². The first kappa shape index (κ1) is 22.4. The molecule has 0 saturated carbocycles. The molecule has 0 radical (unpaired) electrons. The number of aliphatic imine (C=N–C) groups is 1. The van der Waals surface area contributed by atoms with Gasteiger partial charge in [0.1, 0.15) is 6.17 Å². The van der Waals surface area contributed by atoms with E-state index in [0.717, 1.165) is 28.0 Å². The van der Waals surface area contributed by atoms with Crippen molar-refractivity contribution in [1.29, 1.82) is 0 Å². The molecule has 2 heterocycles. The van der Waals surface area contributed by atoms with Crippen molar-refractivity contribution >= 4 is 11.4 Å². The Balaban J connectivity index is 1.45. The van der Waals surface area contributed by atoms with Gasteiger partial charge in [0.25, 0.3) is 5.69 Å². The third-order valence-electron chi connectivity index (χ3n) is 6.33. The highest BCUT2D eigenvalue weighted by atomic mass is 16.7. The second kappa shape index (κ2) is 9.46. The molecule has 2 aliphatic heterocycles. The molecular weight excluding hydrogens is 430 g/mol. The van der Waals surface area contributed by atoms with Crippen LogP contribution in [0.5, 0.6) is 0 Å². The summed E-state index contributed by atoms with van der Waals surface area (Å²) in [6.07, 6.45) is -0.495. The van der Waals surface area contributed by atoms with Gasteiger partial charge in [0, 0.05) is 30.9 Å². The van der Waals surface area contributed by atoms with Crippen LogP contribution in [0.1, 0.15) is 54.6 Å². The van der Waals surface area contributed by atoms with Gasteiger partial charge < -0.3 is 9.47 Å². The number of rotatable bonds is 9. The highest BCUT2D eigenvalue weighted by molar-refractivity contribution is 6.08. The van der Waals surface area contributed by atoms with Gasteiger partial charge in [0.15, 0.2) is 6.29 Å². The van der Waals surface area contributed by atoms with Crippen molar-refractivity contribution in [1.82, 2.24) is 4.90 Å². The zero-order valence-corrected chi connectivity index (χ0v) is 19.2. The van der Waals surface area contributed by atoms with Crippen molar-refractivity contribution in [2.24, 2.45) is 4.99 Å². The number of nitro groups is 1. The standard InChI is InChI=1S/C27H27N3O4/c1-3-33-27(34-4-2)21-12-10-20(11-13-21)26-28-23(18-8-6-5-7-9-18)25-24(29(25)26)19-14-16-22(17-15-19)30(31)32/h5-17,24-27H,3-4H2,1-2H3/t24?,25-,26-,29?/m1/s1. The first-order chi connectivity index (χ1) is 16.6. The van der Waals surface area contributed by atoms with Gasteiger partial charge in [-0.2, -0.15) is 0 Å². The van der Waals surface area contributed by atoms with Crippen LogP contribution in [-0.4, -0.2) is 34.8 Å². The van der Waals surface area contributed by atoms with Crippen molar-refractivity contribution in [3.05, 3.63) is 111 Å². The van der Waals surface area contributed by atoms with Gasteiger partial charge in [-0.05, 0) is 30.5 Å². The van der Waals surface area contributed by atoms with Crippen LogP contribution in [0.4, 0.5) is 5.69 Å². The number of nitrogens with zero attached hydrogens (tertiary/aromatic N) is 3. The van der Waals surface area contributed by atoms with Crippen LogP contribution in [-0.2, 0) is 9.47 Å². The van der Waals surface area contributed by atoms with E-state index in [0.29, 0.717) is 13.2 Å². The van der Waals surface area contributed by atoms with E-state index in [4.69, 9.17) is 14.5 Å². The molecule has 0 spiro atoms. The Hall–Kier alpha value is -3.39. The lowest BCUT2D eigenvalue weighted by Crippen LogP contribution is -2.10. The molecule has 0 bridgehead atoms. The molecule has 1 saturated heterocycles. The maximum Gasteiger partial charge on any atom is 0.269 e. The number of nitro benzene ring substituents is 1. The van der Waals surface area contributed by atoms with Crippen LogP contribution in [0.3, 0.4) is 0 Å². The minimum atomic E-state index is -0.377. The molecule has 0 aliphatic carbocycles. The van der Waals surface area contributed by atoms with E-state index in [2.05, 4.69) is 29.2 Å². The molecule has 1 fully saturated rings. The van der Waals surface area contributed by atoms with Crippen molar-refractivity contribution in [2.75, 3.05) is 13.2 Å². The summed E-state index contributed by atoms with van der Waals surface area (Å²) in [5.74, 6) is 0. The number of ether oxygens (including phenoxy) is 2. The Morgan fingerprint density at radius 3 is 2.09 bits per heavy atom. The van der Waals surface area contributed by atoms with E-state index in [1.807, 2.05) is 56.3 Å². The largest absolute Gasteiger partial charge is 0.349 e. The Bertz CT molecular complexity index is 1170. The summed E-state index contributed by atoms with van der Waals surface area (Å²) >= 11 is 0. The molecule has 2 aliphatic rings. The number of hydrogen-bond acceptors (Lipinski definition) is 6. The van der Waals surface area contributed by atoms with E-state index in [9.17, 15) is 10.1 Å². The van der Waals surface area contributed by atoms with Crippen molar-refractivity contribution in [2.45, 2.75) is 38.4 Å². The molecule has 0 amide bonds. The Morgan fingerprint density at radius 1 is 0.882 bits per heavy atom. The fourth-order valence-electron chi connectivity index (χ4n) is 4.73. The minimum absolute atomic E-state index is 0.104. The molecule has 34 heavy (non-hydrogen) atoms. The highest BCUT2D eigenvalue weighted by Crippen LogP contribution is 2.55. The first-order valence-corrected chi connectivity index (χ1v) is 11.6. The fourth-order valence-corrected chi connectivity index (χ4v) is 4.73. The van der Waals surface area contributed by atoms with E-state index < -0.39 is 0 Å². The lowest BCUT2D eigenvalue weighted by atomic mass is 10.0. The second-order valence-electron chi connectivity index (χ2n) is 8.35. The minimum Gasteiger partial charge on any atom is -0.349 e. The molecular formula is C27H27N3O4. The lowest BCUT2D eigenvalue weighted by molar-refractivity contribution is -0.384. The first-order valence-electron chi connectivity index (χ1n) is 11.6. The monoisotopic (exact) mass is 457 g/mol. The Kier molecular flexibility index (Phi) is 6.24. The summed E-state index contributed by atoms with van der Waals surface area (Å²) in [4.78, 5) is 18.2. The normalized spacial score (nSPS) is 23.0. The second-order valence-corrected chi connectivity index (χ2v) is 8.35. The zero-order chi connectivity index (χ0) is 23.7. The van der Waals surface area contributed by atoms with Gasteiger partial charge in [-0.25, -0.2) is 0 Å². The average molecular weight is 458 g/mol. The summed E-state index contributed by atoms with van der Waals surface area (Å²) in [7, 11) is 0. The molecule has 3 aromatic carbocycles. The van der Waals surface area contributed by atoms with Crippen molar-refractivity contribution in [3.63, 3.8) is 0 Å². The smallest absolute Gasteiger partial charge is 0.269 e. The molecule has 7 nitrogen and oxygen atoms in total. The SMILES string of the molecule is CCOC(OCC)c1ccc([C@@H]2N=C(c3ccccc3)[C@@H]3C(c4ccc([N+](=O)[O-])cc4)N32)cc1. The van der Waals surface area contributed by atoms with E-state index in [1.54, 1.807) is 12.1 Å². The third kappa shape index (κ3) is 4.14. The van der Waals surface area contributed by atoms with Crippen molar-refractivity contribution < 1.29 is 14.4 Å². The number of non-ortho nitro benzene ring substituents is 1. The number of fused-ring (bicyclic) bond motifs is 1. The van der Waals surface area contributed by atoms with Crippen LogP contribution < -0.4 is 0 Å². The molecule has 0 N–H and O–H groups in total. The van der Waals surface area contributed by atoms with Gasteiger partial charge in [0.05, 0.1) is 22.7 Å². The van der Waals surface area contributed by atoms with Crippen LogP contribution >= 0.6 is 0 Å². The molecule has 2 unspecified atom stereocenters. The highest BCUT2D eigenvalue weighted by Gasteiger charge is 2.59. The molecule has 4 atom stereocenters. The summed E-state index contributed by atoms with van der Waals surface area (Å²) in [6, 6.07) is 25.6. The summed E-state index contributed by atoms with van der Waals surface area (Å²) in [5, 5.41) is 11.1. The molecule has 5 rings (SSSR count). The Morgan fingerprint density at radius 2 is 1.50 bits per heavy atom. The summed E-state index contributed by atoms with van der Waals surface area (Å²) in [5.41, 5.74) is 5.40. The van der Waals surface area contributed by atoms with Gasteiger partial charge >= 0.3 is 0 Å². The zero-order valence-electron chi connectivity index (χ0n) is 19.2. The van der Waals surface area contributed by atoms with Gasteiger partial charge in [-0.3, -0.25) is 20.0 Å². The lowest BCUT2D eigenvalue weighted by Gasteiger charge is -2.19. The molecule has 174 valence electrons. The number of hydrogen-bond donors (Lipinski definition) is 0. The van der Waals surface area contributed by atoms with Crippen LogP contribution in [0, 0.1) is 10.1 Å². The fraction of sp³-hybridized carbons (Fsp3) is 0.296. The van der Waals surface area contributed by atoms with Crippen LogP contribution in [0.15, 0.2) is 83.9 Å². The van der Waals surface area contributed by atoms with E-state index in [1.165, 1.54) is 0 Å². The van der Waals surface area contributed by atoms with Gasteiger partial charge in [-0.15, -0.1) is 0 Å². The summed E-state index contributed by atoms with van der Waals surface area (Å²) in [6.45, 7) is 5.06. The number of benzene rings is 3. The molecule has 7 heteroatoms. The maximum atomic E-state index is 11.1. The van der Waals surface area contributed by atoms with Crippen LogP contribution in [0.25, 0.3) is 0 Å². The maximum absolute atomic E-state index is 11.1. The van der Waals surface area contributed by atoms with Gasteiger partial charge in [0.2, 0.25) is 0 Å². The molecule has 3 aromatic rings. The average Bonchev–Trinajstić information content (AvgIpc) is 3.48. The quantitative estimate of drug-likeness (QED) is 0.181. The third-order valence-corrected chi connectivity index (χ3v) is 6.33. The Labute approximate surface area is 198 Å². The van der Waals surface area contributed by atoms with E-state index in [-0.39, 0.29) is 35.2 Å². The topological polar surface area (TPSA) is 77.0 Å². The molecule has 0 aromatic heterocycles.